The molecule has 2 atom stereocenters. The number of imidazole rings is 1. The molecule has 2 amide bonds. The van der Waals surface area contributed by atoms with Crippen molar-refractivity contribution in [3.8, 4) is 0 Å². The number of urea groups is 1. The number of aryl methyl sites for hydroxylation is 1. The summed E-state index contributed by atoms with van der Waals surface area (Å²) >= 11 is 1.69. The zero-order chi connectivity index (χ0) is 16.5. The number of hydrogen-bond acceptors (Lipinski definition) is 4. The van der Waals surface area contributed by atoms with E-state index in [0.29, 0.717) is 5.92 Å². The van der Waals surface area contributed by atoms with E-state index < -0.39 is 0 Å². The van der Waals surface area contributed by atoms with Gasteiger partial charge >= 0.3 is 6.03 Å². The minimum Gasteiger partial charge on any atom is -0.347 e. The summed E-state index contributed by atoms with van der Waals surface area (Å²) in [7, 11) is 0. The number of nitrogens with zero attached hydrogens (tertiary/aromatic N) is 3. The van der Waals surface area contributed by atoms with Gasteiger partial charge in [-0.3, -0.25) is 0 Å². The highest BCUT2D eigenvalue weighted by atomic mass is 32.1. The lowest BCUT2D eigenvalue weighted by Crippen LogP contribution is -2.46. The van der Waals surface area contributed by atoms with Crippen molar-refractivity contribution in [2.24, 2.45) is 5.92 Å². The van der Waals surface area contributed by atoms with Crippen LogP contribution in [0.4, 0.5) is 4.79 Å². The Hall–Kier alpha value is -1.89. The molecule has 3 heterocycles. The topological polar surface area (TPSA) is 73.9 Å². The van der Waals surface area contributed by atoms with Gasteiger partial charge in [-0.15, -0.1) is 11.3 Å². The summed E-state index contributed by atoms with van der Waals surface area (Å²) in [6, 6.07) is 0.114. The van der Waals surface area contributed by atoms with Gasteiger partial charge in [0.1, 0.15) is 10.8 Å². The molecule has 1 aliphatic carbocycles. The maximum Gasteiger partial charge on any atom is 0.318 e. The molecule has 2 aromatic heterocycles. The van der Waals surface area contributed by atoms with E-state index in [4.69, 9.17) is 0 Å². The summed E-state index contributed by atoms with van der Waals surface area (Å²) < 4.78 is 0. The van der Waals surface area contributed by atoms with E-state index >= 15 is 0 Å². The zero-order valence-corrected chi connectivity index (χ0v) is 14.7. The number of piperidine rings is 1. The molecule has 2 fully saturated rings. The molecular formula is C17H23N5OS. The number of carbonyl (C=O) groups is 1. The van der Waals surface area contributed by atoms with Gasteiger partial charge in [0.2, 0.25) is 0 Å². The molecule has 6 nitrogen and oxygen atoms in total. The molecule has 2 aromatic rings. The number of nitrogens with one attached hydrogen (secondary N) is 2. The van der Waals surface area contributed by atoms with Crippen LogP contribution >= 0.6 is 11.3 Å². The highest BCUT2D eigenvalue weighted by Gasteiger charge is 2.38. The van der Waals surface area contributed by atoms with Gasteiger partial charge in [-0.05, 0) is 44.9 Å². The van der Waals surface area contributed by atoms with Crippen LogP contribution in [-0.4, -0.2) is 32.4 Å². The van der Waals surface area contributed by atoms with Crippen molar-refractivity contribution in [2.45, 2.75) is 51.1 Å². The summed E-state index contributed by atoms with van der Waals surface area (Å²) in [4.78, 5) is 28.2. The Morgan fingerprint density at radius 2 is 2.25 bits per heavy atom. The number of hydrogen-bond donors (Lipinski definition) is 2. The van der Waals surface area contributed by atoms with E-state index in [0.717, 1.165) is 36.6 Å². The van der Waals surface area contributed by atoms with Crippen molar-refractivity contribution in [3.05, 3.63) is 34.3 Å². The van der Waals surface area contributed by atoms with E-state index in [-0.39, 0.29) is 18.1 Å². The van der Waals surface area contributed by atoms with Crippen molar-refractivity contribution in [1.82, 2.24) is 25.2 Å². The minimum absolute atomic E-state index is 0.0147. The number of thiazole rings is 1. The second-order valence-electron chi connectivity index (χ2n) is 6.75. The molecule has 0 radical (unpaired) electrons. The first kappa shape index (κ1) is 15.6. The van der Waals surface area contributed by atoms with Crippen molar-refractivity contribution in [3.63, 3.8) is 0 Å². The molecule has 24 heavy (non-hydrogen) atoms. The Morgan fingerprint density at radius 1 is 1.38 bits per heavy atom. The number of likely N-dealkylation sites (tertiary alicyclic amines) is 1. The summed E-state index contributed by atoms with van der Waals surface area (Å²) in [5.41, 5.74) is 0. The molecule has 1 aliphatic heterocycles. The normalized spacial score (nSPS) is 22.4. The Kier molecular flexibility index (Phi) is 4.26. The Bertz CT molecular complexity index is 694. The number of aromatic amines is 1. The predicted octanol–water partition coefficient (Wildman–Crippen LogP) is 3.56. The van der Waals surface area contributed by atoms with Gasteiger partial charge in [-0.2, -0.15) is 0 Å². The predicted molar refractivity (Wildman–Crippen MR) is 92.7 cm³/mol. The third kappa shape index (κ3) is 3.17. The van der Waals surface area contributed by atoms with Gasteiger partial charge in [-0.25, -0.2) is 14.8 Å². The molecule has 7 heteroatoms. The van der Waals surface area contributed by atoms with Gasteiger partial charge in [0.25, 0.3) is 0 Å². The van der Waals surface area contributed by atoms with Crippen LogP contribution in [0.25, 0.3) is 0 Å². The van der Waals surface area contributed by atoms with Crippen LogP contribution in [0.5, 0.6) is 0 Å². The number of amides is 2. The lowest BCUT2D eigenvalue weighted by Gasteiger charge is -2.35. The molecule has 1 saturated carbocycles. The highest BCUT2D eigenvalue weighted by Crippen LogP contribution is 2.42. The van der Waals surface area contributed by atoms with Crippen LogP contribution in [-0.2, 0) is 0 Å². The van der Waals surface area contributed by atoms with Gasteiger partial charge < -0.3 is 15.2 Å². The van der Waals surface area contributed by atoms with Crippen molar-refractivity contribution in [2.75, 3.05) is 6.54 Å². The van der Waals surface area contributed by atoms with Crippen LogP contribution < -0.4 is 5.32 Å². The smallest absolute Gasteiger partial charge is 0.318 e. The molecule has 0 unspecified atom stereocenters. The first-order chi connectivity index (χ1) is 11.7. The molecule has 2 aliphatic rings. The average molecular weight is 345 g/mol. The van der Waals surface area contributed by atoms with E-state index in [2.05, 4.69) is 27.2 Å². The van der Waals surface area contributed by atoms with Gasteiger partial charge in [0.05, 0.1) is 12.1 Å². The fraction of sp³-hybridized carbons (Fsp3) is 0.588. The average Bonchev–Trinajstić information content (AvgIpc) is 3.10. The van der Waals surface area contributed by atoms with Crippen LogP contribution in [0.3, 0.4) is 0 Å². The molecule has 0 aromatic carbocycles. The van der Waals surface area contributed by atoms with E-state index in [9.17, 15) is 4.79 Å². The van der Waals surface area contributed by atoms with Crippen LogP contribution in [0, 0.1) is 12.8 Å². The molecular weight excluding hydrogens is 322 g/mol. The minimum atomic E-state index is 0.0147. The maximum absolute atomic E-state index is 13.0. The van der Waals surface area contributed by atoms with E-state index in [1.807, 2.05) is 17.3 Å². The molecule has 2 N–H and O–H groups in total. The van der Waals surface area contributed by atoms with E-state index in [1.54, 1.807) is 17.5 Å². The first-order valence-corrected chi connectivity index (χ1v) is 9.53. The number of aromatic nitrogens is 3. The first-order valence-electron chi connectivity index (χ1n) is 8.71. The molecule has 0 spiro atoms. The lowest BCUT2D eigenvalue weighted by molar-refractivity contribution is 0.143. The quantitative estimate of drug-likeness (QED) is 0.890. The van der Waals surface area contributed by atoms with Gasteiger partial charge in [0.15, 0.2) is 0 Å². The third-order valence-corrected chi connectivity index (χ3v) is 5.87. The molecule has 4 rings (SSSR count). The molecule has 128 valence electrons. The lowest BCUT2D eigenvalue weighted by atomic mass is 10.0. The summed E-state index contributed by atoms with van der Waals surface area (Å²) in [6.45, 7) is 2.84. The summed E-state index contributed by atoms with van der Waals surface area (Å²) in [5.74, 6) is 1.42. The zero-order valence-electron chi connectivity index (χ0n) is 13.9. The SMILES string of the molecule is Cc1cnc([C@H](NC(=O)N2CCCC[C@H]2c2ncc[nH]2)C2CC2)s1. The molecule has 0 bridgehead atoms. The number of carbonyl (C=O) groups excluding carboxylic acids is 1. The standard InChI is InChI=1S/C17H23N5OS/c1-11-10-20-16(24-11)14(12-5-6-12)21-17(23)22-9-3-2-4-13(22)15-18-7-8-19-15/h7-8,10,12-14H,2-6,9H2,1H3,(H,18,19)(H,21,23)/t13-,14+/m0/s1. The van der Waals surface area contributed by atoms with Crippen molar-refractivity contribution >= 4 is 17.4 Å². The third-order valence-electron chi connectivity index (χ3n) is 4.88. The fourth-order valence-electron chi connectivity index (χ4n) is 3.46. The van der Waals surface area contributed by atoms with Crippen molar-refractivity contribution in [1.29, 1.82) is 0 Å². The van der Waals surface area contributed by atoms with Crippen LogP contribution in [0.1, 0.15) is 59.9 Å². The van der Waals surface area contributed by atoms with Crippen LogP contribution in [0.2, 0.25) is 0 Å². The summed E-state index contributed by atoms with van der Waals surface area (Å²) in [5, 5.41) is 4.30. The largest absolute Gasteiger partial charge is 0.347 e. The van der Waals surface area contributed by atoms with Crippen molar-refractivity contribution < 1.29 is 4.79 Å². The Labute approximate surface area is 145 Å². The van der Waals surface area contributed by atoms with Gasteiger partial charge in [0, 0.05) is 30.0 Å². The fourth-order valence-corrected chi connectivity index (χ4v) is 4.38. The maximum atomic E-state index is 13.0. The summed E-state index contributed by atoms with van der Waals surface area (Å²) in [6.07, 6.45) is 11.0. The Morgan fingerprint density at radius 3 is 2.92 bits per heavy atom. The Balaban J connectivity index is 1.51. The number of H-pyrrole nitrogens is 1. The highest BCUT2D eigenvalue weighted by molar-refractivity contribution is 7.11. The van der Waals surface area contributed by atoms with Gasteiger partial charge in [-0.1, -0.05) is 0 Å². The monoisotopic (exact) mass is 345 g/mol. The number of rotatable bonds is 4. The van der Waals surface area contributed by atoms with Crippen LogP contribution in [0.15, 0.2) is 18.6 Å². The molecule has 1 saturated heterocycles. The second kappa shape index (κ2) is 6.55. The van der Waals surface area contributed by atoms with E-state index in [1.165, 1.54) is 17.7 Å². The second-order valence-corrected chi connectivity index (χ2v) is 8.02.